The Morgan fingerprint density at radius 2 is 2.19 bits per heavy atom. The maximum Gasteiger partial charge on any atom is 0.234 e. The second-order valence-electron chi connectivity index (χ2n) is 6.32. The van der Waals surface area contributed by atoms with Crippen LogP contribution in [0.2, 0.25) is 0 Å². The summed E-state index contributed by atoms with van der Waals surface area (Å²) in [4.78, 5) is 14.6. The van der Waals surface area contributed by atoms with Gasteiger partial charge in [-0.15, -0.1) is 10.2 Å². The van der Waals surface area contributed by atoms with E-state index in [1.807, 2.05) is 42.1 Å². The number of methoxy groups -OCH3 is 1. The zero-order chi connectivity index (χ0) is 18.5. The number of para-hydroxylation sites is 1. The summed E-state index contributed by atoms with van der Waals surface area (Å²) < 4.78 is 7.36. The van der Waals surface area contributed by atoms with E-state index >= 15 is 0 Å². The fourth-order valence-electron chi connectivity index (χ4n) is 3.39. The standard InChI is InChI=1S/C18H25N5O2S/c1-22-17(20-21-18(22)26-3)14-8-6-10-23(14)12-16(24)19-11-13-7-4-5-9-15(13)25-2/h4-5,7,9,14H,6,8,10-12H2,1-3H3,(H,19,24). The molecule has 0 aliphatic carbocycles. The van der Waals surface area contributed by atoms with E-state index in [1.165, 1.54) is 0 Å². The molecule has 2 aromatic rings. The van der Waals surface area contributed by atoms with Gasteiger partial charge in [-0.1, -0.05) is 30.0 Å². The van der Waals surface area contributed by atoms with Crippen molar-refractivity contribution >= 4 is 17.7 Å². The molecule has 2 heterocycles. The number of amides is 1. The molecule has 1 amide bonds. The Balaban J connectivity index is 1.60. The lowest BCUT2D eigenvalue weighted by Gasteiger charge is -2.23. The normalized spacial score (nSPS) is 17.4. The monoisotopic (exact) mass is 375 g/mol. The molecular weight excluding hydrogens is 350 g/mol. The summed E-state index contributed by atoms with van der Waals surface area (Å²) in [5.74, 6) is 1.73. The van der Waals surface area contributed by atoms with E-state index in [1.54, 1.807) is 18.9 Å². The van der Waals surface area contributed by atoms with Crippen molar-refractivity contribution in [2.24, 2.45) is 7.05 Å². The van der Waals surface area contributed by atoms with E-state index in [0.29, 0.717) is 13.1 Å². The molecule has 1 aliphatic rings. The molecule has 1 atom stereocenters. The molecule has 140 valence electrons. The Bertz CT molecular complexity index is 764. The number of aromatic nitrogens is 3. The molecule has 0 saturated carbocycles. The lowest BCUT2D eigenvalue weighted by molar-refractivity contribution is -0.122. The van der Waals surface area contributed by atoms with Crippen molar-refractivity contribution < 1.29 is 9.53 Å². The highest BCUT2D eigenvalue weighted by Crippen LogP contribution is 2.31. The maximum absolute atomic E-state index is 12.5. The Hall–Kier alpha value is -2.06. The Labute approximate surface area is 158 Å². The van der Waals surface area contributed by atoms with E-state index < -0.39 is 0 Å². The zero-order valence-electron chi connectivity index (χ0n) is 15.4. The third-order valence-electron chi connectivity index (χ3n) is 4.73. The molecule has 0 radical (unpaired) electrons. The average Bonchev–Trinajstić information content (AvgIpc) is 3.25. The largest absolute Gasteiger partial charge is 0.496 e. The minimum absolute atomic E-state index is 0.00932. The third kappa shape index (κ3) is 4.02. The van der Waals surface area contributed by atoms with E-state index in [0.717, 1.165) is 41.7 Å². The molecular formula is C18H25N5O2S. The van der Waals surface area contributed by atoms with Gasteiger partial charge in [0.1, 0.15) is 5.75 Å². The lowest BCUT2D eigenvalue weighted by Crippen LogP contribution is -2.37. The Morgan fingerprint density at radius 1 is 1.38 bits per heavy atom. The van der Waals surface area contributed by atoms with Crippen molar-refractivity contribution in [2.45, 2.75) is 30.6 Å². The van der Waals surface area contributed by atoms with E-state index in [9.17, 15) is 4.79 Å². The van der Waals surface area contributed by atoms with Gasteiger partial charge in [-0.25, -0.2) is 0 Å². The number of carbonyl (C=O) groups is 1. The minimum Gasteiger partial charge on any atom is -0.496 e. The van der Waals surface area contributed by atoms with Crippen molar-refractivity contribution in [2.75, 3.05) is 26.5 Å². The summed E-state index contributed by atoms with van der Waals surface area (Å²) in [6, 6.07) is 7.86. The summed E-state index contributed by atoms with van der Waals surface area (Å²) >= 11 is 1.58. The van der Waals surface area contributed by atoms with Crippen molar-refractivity contribution in [1.29, 1.82) is 0 Å². The Morgan fingerprint density at radius 3 is 2.92 bits per heavy atom. The van der Waals surface area contributed by atoms with Gasteiger partial charge in [-0.2, -0.15) is 0 Å². The highest BCUT2D eigenvalue weighted by molar-refractivity contribution is 7.98. The molecule has 1 aliphatic heterocycles. The van der Waals surface area contributed by atoms with Gasteiger partial charge in [0, 0.05) is 19.2 Å². The summed E-state index contributed by atoms with van der Waals surface area (Å²) in [6.45, 7) is 1.72. The Kier molecular flexibility index (Phi) is 6.16. The highest BCUT2D eigenvalue weighted by atomic mass is 32.2. The topological polar surface area (TPSA) is 72.3 Å². The third-order valence-corrected chi connectivity index (χ3v) is 5.45. The average molecular weight is 375 g/mol. The molecule has 26 heavy (non-hydrogen) atoms. The minimum atomic E-state index is 0.00932. The molecule has 1 saturated heterocycles. The molecule has 1 unspecified atom stereocenters. The zero-order valence-corrected chi connectivity index (χ0v) is 16.3. The first-order chi connectivity index (χ1) is 12.6. The van der Waals surface area contributed by atoms with E-state index in [4.69, 9.17) is 4.74 Å². The van der Waals surface area contributed by atoms with E-state index in [-0.39, 0.29) is 11.9 Å². The lowest BCUT2D eigenvalue weighted by atomic mass is 10.2. The first-order valence-electron chi connectivity index (χ1n) is 8.70. The summed E-state index contributed by atoms with van der Waals surface area (Å²) in [5, 5.41) is 12.5. The predicted octanol–water partition coefficient (Wildman–Crippen LogP) is 2.00. The first kappa shape index (κ1) is 18.7. The number of carbonyl (C=O) groups excluding carboxylic acids is 1. The molecule has 1 aromatic heterocycles. The fourth-order valence-corrected chi connectivity index (χ4v) is 3.87. The summed E-state index contributed by atoms with van der Waals surface area (Å²) in [6.07, 6.45) is 4.05. The van der Waals surface area contributed by atoms with Gasteiger partial charge in [0.25, 0.3) is 0 Å². The van der Waals surface area contributed by atoms with Crippen molar-refractivity contribution in [3.63, 3.8) is 0 Å². The SMILES string of the molecule is COc1ccccc1CNC(=O)CN1CCCC1c1nnc(SC)n1C. The molecule has 0 bridgehead atoms. The van der Waals surface area contributed by atoms with Crippen molar-refractivity contribution in [3.8, 4) is 5.75 Å². The molecule has 8 heteroatoms. The second-order valence-corrected chi connectivity index (χ2v) is 7.09. The van der Waals surface area contributed by atoms with Crippen LogP contribution in [-0.2, 0) is 18.4 Å². The molecule has 1 aromatic carbocycles. The number of rotatable bonds is 7. The van der Waals surface area contributed by atoms with Crippen LogP contribution in [0.1, 0.15) is 30.3 Å². The van der Waals surface area contributed by atoms with Gasteiger partial charge in [0.15, 0.2) is 11.0 Å². The van der Waals surface area contributed by atoms with Crippen LogP contribution in [-0.4, -0.2) is 52.0 Å². The number of hydrogen-bond acceptors (Lipinski definition) is 6. The van der Waals surface area contributed by atoms with Gasteiger partial charge in [0.2, 0.25) is 5.91 Å². The van der Waals surface area contributed by atoms with Crippen LogP contribution >= 0.6 is 11.8 Å². The van der Waals surface area contributed by atoms with Gasteiger partial charge in [-0.05, 0) is 31.7 Å². The van der Waals surface area contributed by atoms with Crippen molar-refractivity contribution in [3.05, 3.63) is 35.7 Å². The van der Waals surface area contributed by atoms with Crippen LogP contribution in [0.3, 0.4) is 0 Å². The molecule has 3 rings (SSSR count). The number of likely N-dealkylation sites (tertiary alicyclic amines) is 1. The summed E-state index contributed by atoms with van der Waals surface area (Å²) in [7, 11) is 3.62. The maximum atomic E-state index is 12.5. The van der Waals surface area contributed by atoms with E-state index in [2.05, 4.69) is 20.4 Å². The highest BCUT2D eigenvalue weighted by Gasteiger charge is 2.31. The molecule has 7 nitrogen and oxygen atoms in total. The van der Waals surface area contributed by atoms with Crippen LogP contribution < -0.4 is 10.1 Å². The number of thioether (sulfide) groups is 1. The predicted molar refractivity (Wildman–Crippen MR) is 101 cm³/mol. The van der Waals surface area contributed by atoms with Crippen molar-refractivity contribution in [1.82, 2.24) is 25.0 Å². The van der Waals surface area contributed by atoms with Crippen LogP contribution in [0.5, 0.6) is 5.75 Å². The first-order valence-corrected chi connectivity index (χ1v) is 9.92. The van der Waals surface area contributed by atoms with Gasteiger partial charge in [-0.3, -0.25) is 9.69 Å². The number of hydrogen-bond donors (Lipinski definition) is 1. The number of nitrogens with zero attached hydrogens (tertiary/aromatic N) is 4. The number of nitrogens with one attached hydrogen (secondary N) is 1. The smallest absolute Gasteiger partial charge is 0.234 e. The van der Waals surface area contributed by atoms with Crippen LogP contribution in [0, 0.1) is 0 Å². The number of benzene rings is 1. The number of ether oxygens (including phenoxy) is 1. The molecule has 1 fully saturated rings. The van der Waals surface area contributed by atoms with Gasteiger partial charge in [0.05, 0.1) is 19.7 Å². The van der Waals surface area contributed by atoms with Crippen LogP contribution in [0.25, 0.3) is 0 Å². The van der Waals surface area contributed by atoms with Gasteiger partial charge < -0.3 is 14.6 Å². The second kappa shape index (κ2) is 8.55. The molecule has 1 N–H and O–H groups in total. The quantitative estimate of drug-likeness (QED) is 0.747. The summed E-state index contributed by atoms with van der Waals surface area (Å²) in [5.41, 5.74) is 0.972. The molecule has 0 spiro atoms. The fraction of sp³-hybridized carbons (Fsp3) is 0.500. The van der Waals surface area contributed by atoms with Crippen LogP contribution in [0.4, 0.5) is 0 Å². The van der Waals surface area contributed by atoms with Crippen LogP contribution in [0.15, 0.2) is 29.4 Å². The van der Waals surface area contributed by atoms with Gasteiger partial charge >= 0.3 is 0 Å².